The Labute approximate surface area is 96.1 Å². The maximum atomic E-state index is 11.2. The first kappa shape index (κ1) is 11.3. The van der Waals surface area contributed by atoms with Gasteiger partial charge in [0, 0.05) is 0 Å². The second kappa shape index (κ2) is 5.17. The highest BCUT2D eigenvalue weighted by Crippen LogP contribution is 2.29. The molecule has 0 bridgehead atoms. The highest BCUT2D eigenvalue weighted by atomic mass is 79.9. The van der Waals surface area contributed by atoms with Gasteiger partial charge in [-0.2, -0.15) is 0 Å². The molecule has 1 aromatic rings. The van der Waals surface area contributed by atoms with Crippen molar-refractivity contribution in [1.29, 1.82) is 0 Å². The molecule has 0 fully saturated rings. The van der Waals surface area contributed by atoms with Gasteiger partial charge < -0.3 is 5.32 Å². The fourth-order valence-electron chi connectivity index (χ4n) is 0.926. The smallest absolute Gasteiger partial charge is 0.248 e. The molecule has 2 nitrogen and oxygen atoms in total. The lowest BCUT2D eigenvalue weighted by Crippen LogP contribution is -2.08. The summed E-state index contributed by atoms with van der Waals surface area (Å²) in [6.07, 6.45) is 3.13. The third-order valence-electron chi connectivity index (χ3n) is 1.53. The van der Waals surface area contributed by atoms with Gasteiger partial charge in [-0.3, -0.25) is 4.79 Å². The van der Waals surface area contributed by atoms with Gasteiger partial charge in [-0.1, -0.05) is 23.7 Å². The van der Waals surface area contributed by atoms with Crippen molar-refractivity contribution in [3.8, 4) is 0 Å². The SMILES string of the molecule is C/C=C/C(=O)Nc1cccc(Cl)c1Br. The number of nitrogens with one attached hydrogen (secondary N) is 1. The van der Waals surface area contributed by atoms with Crippen molar-refractivity contribution < 1.29 is 4.79 Å². The van der Waals surface area contributed by atoms with E-state index in [0.717, 1.165) is 0 Å². The third kappa shape index (κ3) is 2.86. The number of amides is 1. The molecule has 0 aliphatic carbocycles. The number of allylic oxidation sites excluding steroid dienone is 1. The molecule has 0 saturated heterocycles. The van der Waals surface area contributed by atoms with Gasteiger partial charge >= 0.3 is 0 Å². The first-order chi connectivity index (χ1) is 6.65. The molecule has 1 N–H and O–H groups in total. The van der Waals surface area contributed by atoms with Crippen molar-refractivity contribution >= 4 is 39.1 Å². The summed E-state index contributed by atoms with van der Waals surface area (Å²) in [5.41, 5.74) is 0.667. The van der Waals surface area contributed by atoms with Crippen LogP contribution in [0, 0.1) is 0 Å². The number of benzene rings is 1. The summed E-state index contributed by atoms with van der Waals surface area (Å²) in [6.45, 7) is 1.78. The van der Waals surface area contributed by atoms with Gasteiger partial charge in [-0.15, -0.1) is 0 Å². The Bertz CT molecular complexity index is 376. The van der Waals surface area contributed by atoms with Gasteiger partial charge in [0.25, 0.3) is 0 Å². The van der Waals surface area contributed by atoms with Crippen LogP contribution in [-0.2, 0) is 4.79 Å². The highest BCUT2D eigenvalue weighted by Gasteiger charge is 2.04. The maximum Gasteiger partial charge on any atom is 0.248 e. The minimum Gasteiger partial charge on any atom is -0.321 e. The first-order valence-electron chi connectivity index (χ1n) is 4.03. The van der Waals surface area contributed by atoms with Gasteiger partial charge in [-0.05, 0) is 41.1 Å². The van der Waals surface area contributed by atoms with E-state index in [4.69, 9.17) is 11.6 Å². The van der Waals surface area contributed by atoms with Gasteiger partial charge in [0.05, 0.1) is 15.2 Å². The van der Waals surface area contributed by atoms with Crippen LogP contribution in [0.2, 0.25) is 5.02 Å². The summed E-state index contributed by atoms with van der Waals surface area (Å²) in [7, 11) is 0. The molecule has 0 aromatic heterocycles. The summed E-state index contributed by atoms with van der Waals surface area (Å²) in [4.78, 5) is 11.2. The van der Waals surface area contributed by atoms with Crippen LogP contribution in [0.4, 0.5) is 5.69 Å². The van der Waals surface area contributed by atoms with E-state index < -0.39 is 0 Å². The Morgan fingerprint density at radius 1 is 1.57 bits per heavy atom. The van der Waals surface area contributed by atoms with Crippen LogP contribution in [0.15, 0.2) is 34.8 Å². The molecule has 1 rings (SSSR count). The number of halogens is 2. The molecule has 0 unspecified atom stereocenters. The van der Waals surface area contributed by atoms with Crippen molar-refractivity contribution in [3.63, 3.8) is 0 Å². The average molecular weight is 275 g/mol. The Morgan fingerprint density at radius 3 is 2.93 bits per heavy atom. The lowest BCUT2D eigenvalue weighted by molar-refractivity contribution is -0.111. The minimum absolute atomic E-state index is 0.171. The summed E-state index contributed by atoms with van der Waals surface area (Å²) >= 11 is 9.15. The minimum atomic E-state index is -0.171. The molecule has 4 heteroatoms. The Hall–Kier alpha value is -0.800. The molecular formula is C10H9BrClNO. The molecular weight excluding hydrogens is 265 g/mol. The molecule has 74 valence electrons. The summed E-state index contributed by atoms with van der Waals surface area (Å²) in [5, 5.41) is 3.27. The van der Waals surface area contributed by atoms with E-state index in [2.05, 4.69) is 21.2 Å². The van der Waals surface area contributed by atoms with Gasteiger partial charge in [-0.25, -0.2) is 0 Å². The largest absolute Gasteiger partial charge is 0.321 e. The fraction of sp³-hybridized carbons (Fsp3) is 0.100. The molecule has 0 atom stereocenters. The van der Waals surface area contributed by atoms with E-state index in [-0.39, 0.29) is 5.91 Å². The highest BCUT2D eigenvalue weighted by molar-refractivity contribution is 9.10. The Balaban J connectivity index is 2.87. The van der Waals surface area contributed by atoms with Crippen LogP contribution in [0.25, 0.3) is 0 Å². The van der Waals surface area contributed by atoms with E-state index in [1.807, 2.05) is 0 Å². The molecule has 1 amide bonds. The van der Waals surface area contributed by atoms with Crippen LogP contribution in [0.3, 0.4) is 0 Å². The van der Waals surface area contributed by atoms with Gasteiger partial charge in [0.1, 0.15) is 0 Å². The second-order valence-corrected chi connectivity index (χ2v) is 3.79. The zero-order valence-electron chi connectivity index (χ0n) is 7.55. The third-order valence-corrected chi connectivity index (χ3v) is 2.93. The van der Waals surface area contributed by atoms with Crippen molar-refractivity contribution in [2.75, 3.05) is 5.32 Å². The standard InChI is InChI=1S/C10H9BrClNO/c1-2-4-9(14)13-8-6-3-5-7(12)10(8)11/h2-6H,1H3,(H,13,14)/b4-2+. The normalized spacial score (nSPS) is 10.5. The van der Waals surface area contributed by atoms with E-state index >= 15 is 0 Å². The van der Waals surface area contributed by atoms with Crippen LogP contribution in [-0.4, -0.2) is 5.91 Å². The summed E-state index contributed by atoms with van der Waals surface area (Å²) < 4.78 is 0.694. The second-order valence-electron chi connectivity index (χ2n) is 2.59. The molecule has 0 heterocycles. The van der Waals surface area contributed by atoms with E-state index in [1.54, 1.807) is 31.2 Å². The van der Waals surface area contributed by atoms with Crippen molar-refractivity contribution in [2.24, 2.45) is 0 Å². The predicted octanol–water partition coefficient (Wildman–Crippen LogP) is 3.62. The number of carbonyl (C=O) groups excluding carboxylic acids is 1. The van der Waals surface area contributed by atoms with Crippen LogP contribution < -0.4 is 5.32 Å². The molecule has 14 heavy (non-hydrogen) atoms. The molecule has 0 aliphatic rings. The predicted molar refractivity (Wildman–Crippen MR) is 62.6 cm³/mol. The lowest BCUT2D eigenvalue weighted by atomic mass is 10.3. The van der Waals surface area contributed by atoms with Crippen molar-refractivity contribution in [2.45, 2.75) is 6.92 Å². The average Bonchev–Trinajstić information content (AvgIpc) is 2.13. The maximum absolute atomic E-state index is 11.2. The number of anilines is 1. The summed E-state index contributed by atoms with van der Waals surface area (Å²) in [5.74, 6) is -0.171. The molecule has 1 aromatic carbocycles. The van der Waals surface area contributed by atoms with Crippen LogP contribution >= 0.6 is 27.5 Å². The van der Waals surface area contributed by atoms with Gasteiger partial charge in [0.2, 0.25) is 5.91 Å². The molecule has 0 aliphatic heterocycles. The van der Waals surface area contributed by atoms with Crippen LogP contribution in [0.1, 0.15) is 6.92 Å². The lowest BCUT2D eigenvalue weighted by Gasteiger charge is -2.05. The fourth-order valence-corrected chi connectivity index (χ4v) is 1.46. The van der Waals surface area contributed by atoms with E-state index in [1.165, 1.54) is 6.08 Å². The van der Waals surface area contributed by atoms with Gasteiger partial charge in [0.15, 0.2) is 0 Å². The molecule has 0 spiro atoms. The Kier molecular flexibility index (Phi) is 4.17. The van der Waals surface area contributed by atoms with E-state index in [0.29, 0.717) is 15.2 Å². The number of carbonyl (C=O) groups is 1. The quantitative estimate of drug-likeness (QED) is 0.820. The first-order valence-corrected chi connectivity index (χ1v) is 5.20. The Morgan fingerprint density at radius 2 is 2.29 bits per heavy atom. The van der Waals surface area contributed by atoms with Crippen molar-refractivity contribution in [3.05, 3.63) is 39.8 Å². The topological polar surface area (TPSA) is 29.1 Å². The zero-order chi connectivity index (χ0) is 10.6. The molecule has 0 radical (unpaired) electrons. The monoisotopic (exact) mass is 273 g/mol. The number of hydrogen-bond acceptors (Lipinski definition) is 1. The summed E-state index contributed by atoms with van der Waals surface area (Å²) in [6, 6.07) is 5.30. The van der Waals surface area contributed by atoms with E-state index in [9.17, 15) is 4.79 Å². The van der Waals surface area contributed by atoms with Crippen LogP contribution in [0.5, 0.6) is 0 Å². The zero-order valence-corrected chi connectivity index (χ0v) is 9.89. The number of rotatable bonds is 2. The molecule has 0 saturated carbocycles. The number of hydrogen-bond donors (Lipinski definition) is 1. The van der Waals surface area contributed by atoms with Crippen molar-refractivity contribution in [1.82, 2.24) is 0 Å².